The fraction of sp³-hybridized carbons (Fsp3) is 0.353. The number of benzene rings is 1. The quantitative estimate of drug-likeness (QED) is 0.672. The Morgan fingerprint density at radius 1 is 1.32 bits per heavy atom. The number of furan rings is 1. The maximum Gasteiger partial charge on any atom is 0.328 e. The van der Waals surface area contributed by atoms with Gasteiger partial charge in [-0.25, -0.2) is 4.79 Å². The molecule has 25 heavy (non-hydrogen) atoms. The highest BCUT2D eigenvalue weighted by molar-refractivity contribution is 6.35. The highest BCUT2D eigenvalue weighted by Crippen LogP contribution is 2.42. The molecule has 1 unspecified atom stereocenters. The second kappa shape index (κ2) is 6.50. The van der Waals surface area contributed by atoms with E-state index < -0.39 is 36.4 Å². The van der Waals surface area contributed by atoms with E-state index in [1.54, 1.807) is 19.1 Å². The molecule has 1 aromatic carbocycles. The topological polar surface area (TPSA) is 117 Å². The number of carboxylic acids is 1. The number of amides is 1. The van der Waals surface area contributed by atoms with Crippen molar-refractivity contribution < 1.29 is 29.0 Å². The van der Waals surface area contributed by atoms with E-state index in [9.17, 15) is 14.4 Å². The van der Waals surface area contributed by atoms with Gasteiger partial charge in [0.25, 0.3) is 0 Å². The van der Waals surface area contributed by atoms with Gasteiger partial charge in [0.2, 0.25) is 5.91 Å². The van der Waals surface area contributed by atoms with Crippen LogP contribution in [0.2, 0.25) is 5.02 Å². The summed E-state index contributed by atoms with van der Waals surface area (Å²) in [6, 6.07) is 3.58. The Bertz CT molecular complexity index is 873. The van der Waals surface area contributed by atoms with Crippen LogP contribution in [0.5, 0.6) is 0 Å². The molecule has 1 aromatic heterocycles. The maximum absolute atomic E-state index is 12.6. The zero-order valence-electron chi connectivity index (χ0n) is 13.3. The minimum atomic E-state index is -1.37. The summed E-state index contributed by atoms with van der Waals surface area (Å²) in [5.41, 5.74) is 0.892. The average Bonchev–Trinajstić information content (AvgIpc) is 3.26. The number of aryl methyl sites for hydroxylation is 1. The fourth-order valence-corrected chi connectivity index (χ4v) is 3.10. The first-order valence-electron chi connectivity index (χ1n) is 7.69. The van der Waals surface area contributed by atoms with Crippen molar-refractivity contribution in [1.82, 2.24) is 5.32 Å². The summed E-state index contributed by atoms with van der Waals surface area (Å²) in [7, 11) is 0. The molecule has 1 heterocycles. The lowest BCUT2D eigenvalue weighted by Gasteiger charge is -2.11. The first kappa shape index (κ1) is 17.4. The number of hydrogen-bond acceptors (Lipinski definition) is 5. The van der Waals surface area contributed by atoms with Gasteiger partial charge in [-0.2, -0.15) is 0 Å². The molecule has 1 aliphatic rings. The summed E-state index contributed by atoms with van der Waals surface area (Å²) < 4.78 is 5.46. The smallest absolute Gasteiger partial charge is 0.328 e. The van der Waals surface area contributed by atoms with Crippen molar-refractivity contribution in [2.75, 3.05) is 6.61 Å². The molecule has 2 aromatic rings. The summed E-state index contributed by atoms with van der Waals surface area (Å²) in [6.45, 7) is 1.07. The van der Waals surface area contributed by atoms with Crippen molar-refractivity contribution in [2.45, 2.75) is 19.4 Å². The molecule has 3 rings (SSSR count). The van der Waals surface area contributed by atoms with Gasteiger partial charge < -0.3 is 19.9 Å². The molecule has 1 aliphatic carbocycles. The van der Waals surface area contributed by atoms with Crippen molar-refractivity contribution in [1.29, 1.82) is 0 Å². The Morgan fingerprint density at radius 3 is 2.68 bits per heavy atom. The van der Waals surface area contributed by atoms with Crippen LogP contribution in [0.1, 0.15) is 22.5 Å². The molecule has 0 bridgehead atoms. The number of hydrogen-bond donors (Lipinski definition) is 3. The van der Waals surface area contributed by atoms with E-state index >= 15 is 0 Å². The number of aliphatic carboxylic acids is 1. The Hall–Kier alpha value is -2.38. The van der Waals surface area contributed by atoms with Crippen LogP contribution in [0, 0.1) is 18.8 Å². The van der Waals surface area contributed by atoms with E-state index in [1.165, 1.54) is 6.07 Å². The minimum Gasteiger partial charge on any atom is -0.480 e. The van der Waals surface area contributed by atoms with Crippen LogP contribution >= 0.6 is 11.6 Å². The van der Waals surface area contributed by atoms with Crippen LogP contribution in [0.15, 0.2) is 22.6 Å². The highest BCUT2D eigenvalue weighted by atomic mass is 35.5. The molecule has 1 fully saturated rings. The first-order chi connectivity index (χ1) is 11.8. The van der Waals surface area contributed by atoms with E-state index in [4.69, 9.17) is 26.2 Å². The fourth-order valence-electron chi connectivity index (χ4n) is 2.83. The highest BCUT2D eigenvalue weighted by Gasteiger charge is 2.48. The first-order valence-corrected chi connectivity index (χ1v) is 8.07. The number of ketones is 1. The van der Waals surface area contributed by atoms with Crippen molar-refractivity contribution in [3.8, 4) is 0 Å². The molecule has 0 radical (unpaired) electrons. The van der Waals surface area contributed by atoms with Gasteiger partial charge in [0.15, 0.2) is 11.4 Å². The van der Waals surface area contributed by atoms with Gasteiger partial charge in [-0.1, -0.05) is 11.6 Å². The van der Waals surface area contributed by atoms with Gasteiger partial charge in [-0.3, -0.25) is 9.59 Å². The van der Waals surface area contributed by atoms with Crippen LogP contribution in [-0.4, -0.2) is 40.5 Å². The molecule has 7 nitrogen and oxygen atoms in total. The van der Waals surface area contributed by atoms with Crippen molar-refractivity contribution >= 4 is 40.2 Å². The van der Waals surface area contributed by atoms with Crippen LogP contribution < -0.4 is 5.32 Å². The normalized spacial score (nSPS) is 20.3. The van der Waals surface area contributed by atoms with Gasteiger partial charge in [-0.15, -0.1) is 0 Å². The average molecular weight is 366 g/mol. The second-order valence-electron chi connectivity index (χ2n) is 6.13. The van der Waals surface area contributed by atoms with Crippen molar-refractivity contribution in [3.63, 3.8) is 0 Å². The lowest BCUT2D eigenvalue weighted by Crippen LogP contribution is -2.44. The lowest BCUT2D eigenvalue weighted by atomic mass is 10.0. The molecule has 0 spiro atoms. The van der Waals surface area contributed by atoms with Crippen LogP contribution in [0.4, 0.5) is 0 Å². The number of aliphatic hydroxyl groups excluding tert-OH is 1. The number of Topliss-reactive ketones (excluding diaryl/α,β-unsaturated/α-hetero) is 1. The van der Waals surface area contributed by atoms with Crippen molar-refractivity contribution in [2.24, 2.45) is 11.8 Å². The molecular formula is C17H16ClNO6. The third-order valence-corrected chi connectivity index (χ3v) is 4.52. The number of halogens is 1. The molecule has 132 valence electrons. The number of carbonyl (C=O) groups excluding carboxylic acids is 2. The zero-order chi connectivity index (χ0) is 18.3. The predicted octanol–water partition coefficient (Wildman–Crippen LogP) is 1.78. The Morgan fingerprint density at radius 2 is 2.04 bits per heavy atom. The summed E-state index contributed by atoms with van der Waals surface area (Å²) in [6.07, 6.45) is 0.336. The largest absolute Gasteiger partial charge is 0.480 e. The third-order valence-electron chi connectivity index (χ3n) is 4.24. The Kier molecular flexibility index (Phi) is 4.53. The van der Waals surface area contributed by atoms with E-state index in [-0.39, 0.29) is 5.78 Å². The Labute approximate surface area is 147 Å². The maximum atomic E-state index is 12.6. The molecular weight excluding hydrogens is 350 g/mol. The van der Waals surface area contributed by atoms with E-state index in [1.807, 2.05) is 0 Å². The monoisotopic (exact) mass is 365 g/mol. The van der Waals surface area contributed by atoms with Gasteiger partial charge >= 0.3 is 5.97 Å². The molecule has 0 saturated heterocycles. The predicted molar refractivity (Wildman–Crippen MR) is 88.5 cm³/mol. The summed E-state index contributed by atoms with van der Waals surface area (Å²) in [5, 5.41) is 21.1. The zero-order valence-corrected chi connectivity index (χ0v) is 14.0. The van der Waals surface area contributed by atoms with Gasteiger partial charge in [0.1, 0.15) is 11.8 Å². The molecule has 3 atom stereocenters. The number of carbonyl (C=O) groups is 3. The number of rotatable bonds is 6. The molecule has 0 aliphatic heterocycles. The number of carboxylic acid groups (broad SMARTS) is 1. The van der Waals surface area contributed by atoms with Gasteiger partial charge in [0.05, 0.1) is 11.6 Å². The standard InChI is InChI=1S/C17H16ClNO6/c1-7-2-9-3-8(4-12(18)15(9)25-7)14(21)10-5-11(10)16(22)19-13(6-20)17(23)24/h2-4,10-11,13,20H,5-6H2,1H3,(H,19,22)(H,23,24)/t10?,11-,13-/m0/s1. The second-order valence-corrected chi connectivity index (χ2v) is 6.54. The summed E-state index contributed by atoms with van der Waals surface area (Å²) in [5.74, 6) is -2.54. The molecule has 8 heteroatoms. The lowest BCUT2D eigenvalue weighted by molar-refractivity contribution is -0.143. The van der Waals surface area contributed by atoms with E-state index in [2.05, 4.69) is 5.32 Å². The minimum absolute atomic E-state index is 0.223. The van der Waals surface area contributed by atoms with Crippen LogP contribution in [0.3, 0.4) is 0 Å². The molecule has 3 N–H and O–H groups in total. The van der Waals surface area contributed by atoms with Gasteiger partial charge in [0, 0.05) is 22.8 Å². The van der Waals surface area contributed by atoms with Crippen molar-refractivity contribution in [3.05, 3.63) is 34.5 Å². The third kappa shape index (κ3) is 3.38. The summed E-state index contributed by atoms with van der Waals surface area (Å²) in [4.78, 5) is 35.5. The van der Waals surface area contributed by atoms with E-state index in [0.29, 0.717) is 33.7 Å². The van der Waals surface area contributed by atoms with E-state index in [0.717, 1.165) is 0 Å². The summed E-state index contributed by atoms with van der Waals surface area (Å²) >= 11 is 6.15. The molecule has 1 amide bonds. The van der Waals surface area contributed by atoms with Gasteiger partial charge in [-0.05, 0) is 31.5 Å². The Balaban J connectivity index is 1.73. The molecule has 1 saturated carbocycles. The van der Waals surface area contributed by atoms with Crippen LogP contribution in [-0.2, 0) is 9.59 Å². The number of fused-ring (bicyclic) bond motifs is 1. The SMILES string of the molecule is Cc1cc2cc(C(=O)C3C[C@@H]3C(=O)N[C@@H](CO)C(=O)O)cc(Cl)c2o1. The van der Waals surface area contributed by atoms with Crippen LogP contribution in [0.25, 0.3) is 11.0 Å². The number of nitrogens with one attached hydrogen (secondary N) is 1. The number of aliphatic hydroxyl groups is 1.